The highest BCUT2D eigenvalue weighted by Crippen LogP contribution is 2.46. The summed E-state index contributed by atoms with van der Waals surface area (Å²) in [5.41, 5.74) is 1.63. The predicted octanol–water partition coefficient (Wildman–Crippen LogP) is 6.73. The van der Waals surface area contributed by atoms with Crippen molar-refractivity contribution in [3.05, 3.63) is 101 Å². The summed E-state index contributed by atoms with van der Waals surface area (Å²) in [6.45, 7) is 2.05. The summed E-state index contributed by atoms with van der Waals surface area (Å²) in [6, 6.07) is 22.4. The Bertz CT molecular complexity index is 1990. The number of fused-ring (bicyclic) bond motifs is 1. The fourth-order valence-electron chi connectivity index (χ4n) is 5.37. The topological polar surface area (TPSA) is 131 Å². The van der Waals surface area contributed by atoms with Gasteiger partial charge in [0.25, 0.3) is 5.78 Å². The molecule has 1 aliphatic heterocycles. The molecule has 6 rings (SSSR count). The van der Waals surface area contributed by atoms with Crippen molar-refractivity contribution in [2.24, 2.45) is 0 Å². The highest BCUT2D eigenvalue weighted by molar-refractivity contribution is 8.00. The van der Waals surface area contributed by atoms with Crippen molar-refractivity contribution < 1.29 is 34.0 Å². The first kappa shape index (κ1) is 30.9. The molecule has 0 spiro atoms. The van der Waals surface area contributed by atoms with Gasteiger partial charge in [-0.1, -0.05) is 71.6 Å². The van der Waals surface area contributed by atoms with E-state index in [2.05, 4.69) is 34.5 Å². The zero-order chi connectivity index (χ0) is 32.4. The third-order valence-corrected chi connectivity index (χ3v) is 9.64. The van der Waals surface area contributed by atoms with Crippen LogP contribution in [0.15, 0.2) is 88.8 Å². The number of aliphatic hydroxyl groups excluding tert-OH is 1. The zero-order valence-electron chi connectivity index (χ0n) is 25.1. The number of aromatic hydroxyl groups is 1. The van der Waals surface area contributed by atoms with Crippen LogP contribution >= 0.6 is 23.1 Å². The van der Waals surface area contributed by atoms with E-state index in [1.54, 1.807) is 31.2 Å². The van der Waals surface area contributed by atoms with Crippen molar-refractivity contribution in [3.8, 4) is 23.0 Å². The lowest BCUT2D eigenvalue weighted by molar-refractivity contribution is -0.132. The molecule has 12 heteroatoms. The maximum Gasteiger partial charge on any atom is 0.301 e. The Morgan fingerprint density at radius 3 is 2.50 bits per heavy atom. The number of rotatable bonds is 10. The predicted molar refractivity (Wildman–Crippen MR) is 177 cm³/mol. The van der Waals surface area contributed by atoms with Crippen LogP contribution in [0.5, 0.6) is 23.0 Å². The molecule has 2 N–H and O–H groups in total. The number of thioether (sulfide) groups is 1. The van der Waals surface area contributed by atoms with E-state index in [0.717, 1.165) is 16.3 Å². The largest absolute Gasteiger partial charge is 0.507 e. The Morgan fingerprint density at radius 1 is 0.935 bits per heavy atom. The summed E-state index contributed by atoms with van der Waals surface area (Å²) in [7, 11) is 2.94. The highest BCUT2D eigenvalue weighted by atomic mass is 32.2. The average molecular weight is 656 g/mol. The summed E-state index contributed by atoms with van der Waals surface area (Å²) in [5.74, 6) is -0.745. The number of phenolic OH excluding ortho intramolecular Hbond substituents is 1. The van der Waals surface area contributed by atoms with E-state index in [1.165, 1.54) is 54.4 Å². The maximum atomic E-state index is 13.7. The third-order valence-electron chi connectivity index (χ3n) is 7.53. The Morgan fingerprint density at radius 2 is 1.72 bits per heavy atom. The van der Waals surface area contributed by atoms with Gasteiger partial charge in [-0.15, -0.1) is 10.2 Å². The summed E-state index contributed by atoms with van der Waals surface area (Å²) in [5, 5.41) is 33.1. The van der Waals surface area contributed by atoms with Gasteiger partial charge in [0.05, 0.1) is 32.4 Å². The third kappa shape index (κ3) is 5.72. The smallest absolute Gasteiger partial charge is 0.301 e. The molecule has 1 unspecified atom stereocenters. The van der Waals surface area contributed by atoms with E-state index in [1.807, 2.05) is 18.2 Å². The number of ether oxygens (including phenoxy) is 3. The van der Waals surface area contributed by atoms with Crippen LogP contribution in [0.3, 0.4) is 0 Å². The zero-order valence-corrected chi connectivity index (χ0v) is 26.7. The number of carbonyl (C=O) groups excluding carboxylic acids is 2. The molecule has 0 bridgehead atoms. The number of carbonyl (C=O) groups is 2. The minimum atomic E-state index is -1.10. The van der Waals surface area contributed by atoms with Crippen LogP contribution < -0.4 is 19.1 Å². The molecule has 4 aromatic carbocycles. The normalized spacial score (nSPS) is 15.8. The minimum Gasteiger partial charge on any atom is -0.507 e. The summed E-state index contributed by atoms with van der Waals surface area (Å²) >= 11 is 2.64. The van der Waals surface area contributed by atoms with E-state index in [9.17, 15) is 19.8 Å². The van der Waals surface area contributed by atoms with Gasteiger partial charge in [0, 0.05) is 11.3 Å². The van der Waals surface area contributed by atoms with E-state index in [4.69, 9.17) is 14.2 Å². The number of Topliss-reactive ketones (excluding diaryl/α,β-unsaturated/α-hetero) is 1. The van der Waals surface area contributed by atoms with E-state index in [0.29, 0.717) is 27.2 Å². The number of phenols is 1. The van der Waals surface area contributed by atoms with Crippen LogP contribution in [-0.2, 0) is 15.3 Å². The van der Waals surface area contributed by atoms with Crippen LogP contribution in [0.2, 0.25) is 0 Å². The van der Waals surface area contributed by atoms with Crippen molar-refractivity contribution in [1.29, 1.82) is 0 Å². The molecule has 10 nitrogen and oxygen atoms in total. The number of ketones is 1. The number of nitrogens with zero attached hydrogens (tertiary/aromatic N) is 3. The van der Waals surface area contributed by atoms with Crippen LogP contribution in [0.4, 0.5) is 5.13 Å². The van der Waals surface area contributed by atoms with Gasteiger partial charge in [0.1, 0.15) is 5.76 Å². The van der Waals surface area contributed by atoms with E-state index >= 15 is 0 Å². The molecule has 234 valence electrons. The molecule has 1 aromatic heterocycles. The van der Waals surface area contributed by atoms with Crippen LogP contribution in [0.1, 0.15) is 29.7 Å². The number of amides is 1. The number of aromatic nitrogens is 2. The molecule has 46 heavy (non-hydrogen) atoms. The van der Waals surface area contributed by atoms with Gasteiger partial charge in [-0.05, 0) is 59.2 Å². The second kappa shape index (κ2) is 13.1. The molecule has 1 atom stereocenters. The number of anilines is 1. The van der Waals surface area contributed by atoms with Crippen molar-refractivity contribution in [2.45, 2.75) is 23.1 Å². The minimum absolute atomic E-state index is 0.106. The van der Waals surface area contributed by atoms with Gasteiger partial charge < -0.3 is 24.4 Å². The van der Waals surface area contributed by atoms with Crippen molar-refractivity contribution in [1.82, 2.24) is 10.2 Å². The van der Waals surface area contributed by atoms with Gasteiger partial charge in [-0.25, -0.2) is 0 Å². The first-order valence-electron chi connectivity index (χ1n) is 14.3. The molecule has 1 amide bonds. The fourth-order valence-corrected chi connectivity index (χ4v) is 7.24. The number of aliphatic hydroxyl groups is 1. The van der Waals surface area contributed by atoms with E-state index < -0.39 is 23.5 Å². The van der Waals surface area contributed by atoms with Crippen molar-refractivity contribution >= 4 is 56.5 Å². The van der Waals surface area contributed by atoms with E-state index in [-0.39, 0.29) is 34.4 Å². The standard InChI is InChI=1S/C34H29N3O7S2/c1-4-44-26-16-20(12-14-24(26)38)29-28(30(39)21-13-15-25(42-2)27(17-21)43-3)31(40)32(41)37(29)33-35-36-34(46-33)45-18-22-10-7-9-19-8-5-6-11-23(19)22/h5-17,29,38-39H,4,18H2,1-3H3/b30-28-. The first-order chi connectivity index (χ1) is 22.3. The number of methoxy groups -OCH3 is 2. The molecular formula is C34H29N3O7S2. The Hall–Kier alpha value is -5.07. The first-order valence-corrected chi connectivity index (χ1v) is 16.1. The van der Waals surface area contributed by atoms with Crippen molar-refractivity contribution in [2.75, 3.05) is 25.7 Å². The molecule has 1 fully saturated rings. The fraction of sp³-hybridized carbons (Fsp3) is 0.176. The second-order valence-corrected chi connectivity index (χ2v) is 12.4. The number of hydrogen-bond donors (Lipinski definition) is 2. The Balaban J connectivity index is 1.41. The number of hydrogen-bond acceptors (Lipinski definition) is 11. The molecule has 2 heterocycles. The van der Waals surface area contributed by atoms with Crippen LogP contribution in [0.25, 0.3) is 16.5 Å². The maximum absolute atomic E-state index is 13.7. The van der Waals surface area contributed by atoms with Crippen LogP contribution in [-0.4, -0.2) is 52.9 Å². The van der Waals surface area contributed by atoms with Gasteiger partial charge in [-0.2, -0.15) is 0 Å². The summed E-state index contributed by atoms with van der Waals surface area (Å²) < 4.78 is 16.9. The molecule has 1 aliphatic rings. The second-order valence-electron chi connectivity index (χ2n) is 10.2. The molecule has 0 aliphatic carbocycles. The van der Waals surface area contributed by atoms with Gasteiger partial charge >= 0.3 is 5.91 Å². The number of benzene rings is 4. The Kier molecular flexibility index (Phi) is 8.82. The summed E-state index contributed by atoms with van der Waals surface area (Å²) in [4.78, 5) is 28.6. The molecule has 0 saturated carbocycles. The lowest BCUT2D eigenvalue weighted by atomic mass is 9.95. The van der Waals surface area contributed by atoms with Gasteiger partial charge in [0.15, 0.2) is 27.3 Å². The van der Waals surface area contributed by atoms with Gasteiger partial charge in [0.2, 0.25) is 5.13 Å². The van der Waals surface area contributed by atoms with Gasteiger partial charge in [-0.3, -0.25) is 14.5 Å². The summed E-state index contributed by atoms with van der Waals surface area (Å²) in [6.07, 6.45) is 0. The SMILES string of the molecule is CCOc1cc(C2/C(=C(/O)c3ccc(OC)c(OC)c3)C(=O)C(=O)N2c2nnc(SCc3cccc4ccccc34)s2)ccc1O. The van der Waals surface area contributed by atoms with Crippen molar-refractivity contribution in [3.63, 3.8) is 0 Å². The monoisotopic (exact) mass is 655 g/mol. The highest BCUT2D eigenvalue weighted by Gasteiger charge is 2.48. The quantitative estimate of drug-likeness (QED) is 0.0549. The molecular weight excluding hydrogens is 627 g/mol. The Labute approximate surface area is 272 Å². The lowest BCUT2D eigenvalue weighted by Crippen LogP contribution is -2.29. The average Bonchev–Trinajstić information content (AvgIpc) is 3.65. The lowest BCUT2D eigenvalue weighted by Gasteiger charge is -2.23. The molecule has 5 aromatic rings. The molecule has 0 radical (unpaired) electrons. The molecule has 1 saturated heterocycles. The van der Waals surface area contributed by atoms with Crippen LogP contribution in [0, 0.1) is 0 Å².